The third-order valence-corrected chi connectivity index (χ3v) is 2.26. The first-order valence-corrected chi connectivity index (χ1v) is 5.96. The molecule has 0 saturated carbocycles. The minimum absolute atomic E-state index is 0.294. The Morgan fingerprint density at radius 1 is 1.10 bits per heavy atom. The zero-order valence-corrected chi connectivity index (χ0v) is 11.4. The van der Waals surface area contributed by atoms with E-state index >= 15 is 0 Å². The molecule has 0 aromatic heterocycles. The van der Waals surface area contributed by atoms with Crippen molar-refractivity contribution in [3.8, 4) is 0 Å². The molecule has 1 aromatic carbocycles. The Balaban J connectivity index is 2.68. The minimum atomic E-state index is -1.63. The molecule has 0 amide bonds. The van der Waals surface area contributed by atoms with Gasteiger partial charge in [0, 0.05) is 6.42 Å². The fourth-order valence-electron chi connectivity index (χ4n) is 1.52. The van der Waals surface area contributed by atoms with E-state index in [0.29, 0.717) is 0 Å². The monoisotopic (exact) mass is 288 g/mol. The normalized spacial score (nSPS) is 11.3. The Kier molecular flexibility index (Phi) is 4.92. The largest absolute Gasteiger partial charge is 0.460 e. The summed E-state index contributed by atoms with van der Waals surface area (Å²) < 4.78 is 44.0. The molecular weight excluding hydrogens is 273 g/mol. The molecule has 0 atom stereocenters. The van der Waals surface area contributed by atoms with Gasteiger partial charge in [-0.25, -0.2) is 13.2 Å². The van der Waals surface area contributed by atoms with E-state index in [1.165, 1.54) is 0 Å². The van der Waals surface area contributed by atoms with Gasteiger partial charge in [0.05, 0.1) is 0 Å². The van der Waals surface area contributed by atoms with Crippen LogP contribution >= 0.6 is 0 Å². The first kappa shape index (κ1) is 16.2. The van der Waals surface area contributed by atoms with Gasteiger partial charge in [0.1, 0.15) is 17.8 Å². The fourth-order valence-corrected chi connectivity index (χ4v) is 1.52. The Morgan fingerprint density at radius 3 is 2.25 bits per heavy atom. The lowest BCUT2D eigenvalue weighted by atomic mass is 10.1. The molecule has 0 bridgehead atoms. The summed E-state index contributed by atoms with van der Waals surface area (Å²) in [5.41, 5.74) is -1.03. The zero-order valence-electron chi connectivity index (χ0n) is 11.4. The van der Waals surface area contributed by atoms with Crippen molar-refractivity contribution in [3.63, 3.8) is 0 Å². The Hall–Kier alpha value is -1.85. The summed E-state index contributed by atoms with van der Waals surface area (Å²) in [6, 6.07) is 1.70. The SMILES string of the molecule is CC(C)(C)OC(=O)CC(=O)Cc1ccc(F)c(F)c1F. The Bertz CT molecular complexity index is 533. The number of hydrogen-bond acceptors (Lipinski definition) is 3. The van der Waals surface area contributed by atoms with Gasteiger partial charge in [-0.3, -0.25) is 9.59 Å². The van der Waals surface area contributed by atoms with Gasteiger partial charge in [0.25, 0.3) is 0 Å². The molecule has 0 N–H and O–H groups in total. The number of carbonyl (C=O) groups is 2. The second kappa shape index (κ2) is 6.07. The molecule has 0 spiro atoms. The van der Waals surface area contributed by atoms with Crippen LogP contribution in [0.3, 0.4) is 0 Å². The minimum Gasteiger partial charge on any atom is -0.460 e. The highest BCUT2D eigenvalue weighted by Gasteiger charge is 2.21. The number of ether oxygens (including phenoxy) is 1. The summed E-state index contributed by atoms with van der Waals surface area (Å²) in [6.45, 7) is 4.93. The summed E-state index contributed by atoms with van der Waals surface area (Å²) in [4.78, 5) is 23.0. The van der Waals surface area contributed by atoms with Crippen molar-refractivity contribution in [2.24, 2.45) is 0 Å². The molecule has 6 heteroatoms. The smallest absolute Gasteiger partial charge is 0.313 e. The highest BCUT2D eigenvalue weighted by Crippen LogP contribution is 2.16. The highest BCUT2D eigenvalue weighted by molar-refractivity contribution is 5.96. The van der Waals surface area contributed by atoms with E-state index < -0.39 is 47.6 Å². The van der Waals surface area contributed by atoms with Gasteiger partial charge in [0.15, 0.2) is 17.5 Å². The lowest BCUT2D eigenvalue weighted by Crippen LogP contribution is -2.25. The second-order valence-electron chi connectivity index (χ2n) is 5.31. The van der Waals surface area contributed by atoms with Gasteiger partial charge < -0.3 is 4.74 Å². The van der Waals surface area contributed by atoms with E-state index in [4.69, 9.17) is 4.74 Å². The summed E-state index contributed by atoms with van der Waals surface area (Å²) in [5.74, 6) is -5.75. The molecule has 110 valence electrons. The molecule has 3 nitrogen and oxygen atoms in total. The molecule has 0 aliphatic carbocycles. The van der Waals surface area contributed by atoms with Crippen molar-refractivity contribution in [2.75, 3.05) is 0 Å². The van der Waals surface area contributed by atoms with E-state index in [-0.39, 0.29) is 5.56 Å². The second-order valence-corrected chi connectivity index (χ2v) is 5.31. The maximum absolute atomic E-state index is 13.3. The van der Waals surface area contributed by atoms with Crippen LogP contribution in [0.25, 0.3) is 0 Å². The van der Waals surface area contributed by atoms with E-state index in [2.05, 4.69) is 0 Å². The maximum Gasteiger partial charge on any atom is 0.313 e. The average Bonchev–Trinajstić information content (AvgIpc) is 2.27. The third-order valence-electron chi connectivity index (χ3n) is 2.26. The molecule has 0 aliphatic heterocycles. The number of Topliss-reactive ketones (excluding diaryl/α,β-unsaturated/α-hetero) is 1. The van der Waals surface area contributed by atoms with Crippen molar-refractivity contribution in [3.05, 3.63) is 35.1 Å². The van der Waals surface area contributed by atoms with Crippen LogP contribution in [-0.2, 0) is 20.7 Å². The van der Waals surface area contributed by atoms with Crippen LogP contribution in [0.4, 0.5) is 13.2 Å². The van der Waals surface area contributed by atoms with E-state index in [1.54, 1.807) is 20.8 Å². The zero-order chi connectivity index (χ0) is 15.5. The summed E-state index contributed by atoms with van der Waals surface area (Å²) in [6.07, 6.45) is -1.04. The van der Waals surface area contributed by atoms with Gasteiger partial charge in [-0.05, 0) is 32.4 Å². The predicted molar refractivity (Wildman–Crippen MR) is 65.5 cm³/mol. The lowest BCUT2D eigenvalue weighted by Gasteiger charge is -2.19. The number of rotatable bonds is 4. The molecule has 1 rings (SSSR count). The molecule has 20 heavy (non-hydrogen) atoms. The molecule has 0 fully saturated rings. The van der Waals surface area contributed by atoms with E-state index in [9.17, 15) is 22.8 Å². The number of hydrogen-bond donors (Lipinski definition) is 0. The van der Waals surface area contributed by atoms with E-state index in [0.717, 1.165) is 12.1 Å². The molecular formula is C14H15F3O3. The van der Waals surface area contributed by atoms with Crippen LogP contribution in [0.5, 0.6) is 0 Å². The summed E-state index contributed by atoms with van der Waals surface area (Å²) in [7, 11) is 0. The van der Waals surface area contributed by atoms with Crippen LogP contribution < -0.4 is 0 Å². The van der Waals surface area contributed by atoms with Gasteiger partial charge in [-0.2, -0.15) is 0 Å². The first-order valence-electron chi connectivity index (χ1n) is 5.96. The first-order chi connectivity index (χ1) is 9.10. The van der Waals surface area contributed by atoms with Crippen molar-refractivity contribution >= 4 is 11.8 Å². The van der Waals surface area contributed by atoms with Crippen LogP contribution in [0.1, 0.15) is 32.8 Å². The van der Waals surface area contributed by atoms with Gasteiger partial charge in [-0.15, -0.1) is 0 Å². The van der Waals surface area contributed by atoms with Crippen molar-refractivity contribution in [1.29, 1.82) is 0 Å². The Morgan fingerprint density at radius 2 is 1.70 bits per heavy atom. The third kappa shape index (κ3) is 4.68. The molecule has 1 aromatic rings. The van der Waals surface area contributed by atoms with Crippen molar-refractivity contribution in [1.82, 2.24) is 0 Å². The molecule has 0 radical (unpaired) electrons. The molecule has 0 unspecified atom stereocenters. The highest BCUT2D eigenvalue weighted by atomic mass is 19.2. The molecule has 0 heterocycles. The number of halogens is 3. The number of esters is 1. The van der Waals surface area contributed by atoms with Crippen molar-refractivity contribution in [2.45, 2.75) is 39.2 Å². The maximum atomic E-state index is 13.3. The van der Waals surface area contributed by atoms with Gasteiger partial charge in [0.2, 0.25) is 0 Å². The number of carbonyl (C=O) groups excluding carboxylic acids is 2. The number of ketones is 1. The standard InChI is InChI=1S/C14H15F3O3/c1-14(2,3)20-11(19)7-9(18)6-8-4-5-10(15)13(17)12(8)16/h4-5H,6-7H2,1-3H3. The van der Waals surface area contributed by atoms with Crippen LogP contribution in [0.2, 0.25) is 0 Å². The quantitative estimate of drug-likeness (QED) is 0.486. The van der Waals surface area contributed by atoms with Crippen LogP contribution in [-0.4, -0.2) is 17.4 Å². The van der Waals surface area contributed by atoms with Crippen LogP contribution in [0.15, 0.2) is 12.1 Å². The molecule has 0 saturated heterocycles. The summed E-state index contributed by atoms with van der Waals surface area (Å²) in [5, 5.41) is 0. The lowest BCUT2D eigenvalue weighted by molar-refractivity contribution is -0.156. The predicted octanol–water partition coefficient (Wildman–Crippen LogP) is 2.95. The fraction of sp³-hybridized carbons (Fsp3) is 0.429. The van der Waals surface area contributed by atoms with Gasteiger partial charge in [-0.1, -0.05) is 6.07 Å². The number of benzene rings is 1. The van der Waals surface area contributed by atoms with Crippen molar-refractivity contribution < 1.29 is 27.5 Å². The van der Waals surface area contributed by atoms with Crippen LogP contribution in [0, 0.1) is 17.5 Å². The van der Waals surface area contributed by atoms with E-state index in [1.807, 2.05) is 0 Å². The topological polar surface area (TPSA) is 43.4 Å². The average molecular weight is 288 g/mol. The van der Waals surface area contributed by atoms with Gasteiger partial charge >= 0.3 is 5.97 Å². The molecule has 0 aliphatic rings. The summed E-state index contributed by atoms with van der Waals surface area (Å²) >= 11 is 0. The Labute approximate surface area is 114 Å².